The number of nitrogens with zero attached hydrogens (tertiary/aromatic N) is 8. The fraction of sp³-hybridized carbons (Fsp3) is 0.0638. The first kappa shape index (κ1) is 37.6. The van der Waals surface area contributed by atoms with Gasteiger partial charge in [0.05, 0.1) is 48.3 Å². The van der Waals surface area contributed by atoms with Crippen molar-refractivity contribution < 1.29 is 9.85 Å². The largest absolute Gasteiger partial charge is 0.349 e. The van der Waals surface area contributed by atoms with Gasteiger partial charge in [0.15, 0.2) is 0 Å². The van der Waals surface area contributed by atoms with E-state index in [4.69, 9.17) is 20.0 Å². The van der Waals surface area contributed by atoms with Crippen molar-refractivity contribution in [2.75, 3.05) is 16.5 Å². The van der Waals surface area contributed by atoms with E-state index in [0.29, 0.717) is 0 Å². The molecule has 0 spiro atoms. The normalized spacial score (nSPS) is 13.6. The van der Waals surface area contributed by atoms with Crippen molar-refractivity contribution in [2.45, 2.75) is 13.1 Å². The van der Waals surface area contributed by atoms with Crippen molar-refractivity contribution in [1.29, 1.82) is 0 Å². The van der Waals surface area contributed by atoms with Gasteiger partial charge in [-0.25, -0.2) is 9.97 Å². The average molecular weight is 837 g/mol. The van der Waals surface area contributed by atoms with Gasteiger partial charge in [0.25, 0.3) is 11.4 Å². The smallest absolute Gasteiger partial charge is 0.269 e. The zero-order valence-electron chi connectivity index (χ0n) is 32.2. The van der Waals surface area contributed by atoms with E-state index in [2.05, 4.69) is 46.2 Å². The van der Waals surface area contributed by atoms with Gasteiger partial charge in [0, 0.05) is 61.2 Å². The van der Waals surface area contributed by atoms with E-state index in [0.717, 1.165) is 83.8 Å². The Morgan fingerprint density at radius 3 is 1.38 bits per heavy atom. The van der Waals surface area contributed by atoms with E-state index in [1.807, 2.05) is 73.1 Å². The van der Waals surface area contributed by atoms with Crippen molar-refractivity contribution >= 4 is 114 Å². The topological polar surface area (TPSA) is 143 Å². The van der Waals surface area contributed by atoms with Crippen LogP contribution >= 0.6 is 22.7 Å². The van der Waals surface area contributed by atoms with E-state index in [1.165, 1.54) is 46.8 Å². The fourth-order valence-electron chi connectivity index (χ4n) is 7.49. The van der Waals surface area contributed by atoms with Gasteiger partial charge in [-0.05, 0) is 130 Å². The predicted molar refractivity (Wildman–Crippen MR) is 248 cm³/mol. The van der Waals surface area contributed by atoms with Crippen LogP contribution in [0.25, 0.3) is 44.7 Å². The molecule has 8 aromatic rings. The van der Waals surface area contributed by atoms with Crippen molar-refractivity contribution in [3.63, 3.8) is 0 Å². The molecule has 0 unspecified atom stereocenters. The second-order valence-electron chi connectivity index (χ2n) is 14.6. The van der Waals surface area contributed by atoms with Crippen LogP contribution in [0.15, 0.2) is 131 Å². The molecule has 10 rings (SSSR count). The molecule has 14 heteroatoms. The van der Waals surface area contributed by atoms with Crippen LogP contribution in [0.5, 0.6) is 0 Å². The number of rotatable bonds is 10. The molecule has 0 N–H and O–H groups in total. The Bertz CT molecular complexity index is 2940. The second kappa shape index (κ2) is 15.8. The average Bonchev–Trinajstić information content (AvgIpc) is 3.89. The summed E-state index contributed by atoms with van der Waals surface area (Å²) in [5.41, 5.74) is 12.4. The second-order valence-corrected chi connectivity index (χ2v) is 16.7. The van der Waals surface area contributed by atoms with Gasteiger partial charge in [0.1, 0.15) is 10.0 Å². The number of nitro groups is 2. The number of anilines is 2. The monoisotopic (exact) mass is 836 g/mol. The molecule has 0 amide bonds. The molecule has 0 radical (unpaired) electrons. The molecular formula is C47H32N8O4S2. The highest BCUT2D eigenvalue weighted by Crippen LogP contribution is 2.39. The summed E-state index contributed by atoms with van der Waals surface area (Å²) in [4.78, 5) is 45.0. The van der Waals surface area contributed by atoms with E-state index >= 15 is 0 Å². The molecule has 0 atom stereocenters. The summed E-state index contributed by atoms with van der Waals surface area (Å²) >= 11 is 3.15. The molecule has 0 fully saturated rings. The Hall–Kier alpha value is -7.68. The molecule has 2 aliphatic heterocycles. The number of thiazole rings is 2. The van der Waals surface area contributed by atoms with Gasteiger partial charge in [-0.1, -0.05) is 24.3 Å². The molecule has 4 heterocycles. The maximum atomic E-state index is 10.9. The Kier molecular flexibility index (Phi) is 9.75. The van der Waals surface area contributed by atoms with Gasteiger partial charge in [-0.15, -0.1) is 22.7 Å². The lowest BCUT2D eigenvalue weighted by atomic mass is 9.99. The number of fused-ring (bicyclic) bond motifs is 8. The summed E-state index contributed by atoms with van der Waals surface area (Å²) in [7, 11) is 0. The molecule has 2 aromatic heterocycles. The van der Waals surface area contributed by atoms with E-state index < -0.39 is 9.85 Å². The summed E-state index contributed by atoms with van der Waals surface area (Å²) in [5, 5.41) is 23.6. The maximum Gasteiger partial charge on any atom is 0.269 e. The highest BCUT2D eigenvalue weighted by Gasteiger charge is 2.29. The number of benzene rings is 6. The zero-order chi connectivity index (χ0) is 41.5. The van der Waals surface area contributed by atoms with Crippen molar-refractivity contribution in [1.82, 2.24) is 9.97 Å². The van der Waals surface area contributed by atoms with E-state index in [1.54, 1.807) is 46.9 Å². The Morgan fingerprint density at radius 2 is 0.951 bits per heavy atom. The highest BCUT2D eigenvalue weighted by molar-refractivity contribution is 7.19. The van der Waals surface area contributed by atoms with Crippen molar-refractivity contribution in [3.05, 3.63) is 185 Å². The lowest BCUT2D eigenvalue weighted by molar-refractivity contribution is -0.385. The minimum atomic E-state index is -0.403. The minimum Gasteiger partial charge on any atom is -0.349 e. The third-order valence-electron chi connectivity index (χ3n) is 10.5. The highest BCUT2D eigenvalue weighted by atomic mass is 32.1. The summed E-state index contributed by atoms with van der Waals surface area (Å²) in [6, 6.07) is 38.0. The van der Waals surface area contributed by atoms with Crippen LogP contribution in [0, 0.1) is 20.2 Å². The Balaban J connectivity index is 0.790. The SMILES string of the molecule is O=[N+]([O-])c1ccc(/C=C/c2nc3ccc(N=Cc4ccc5c(c4)CN4CN5Cc5cc(C=Nc6ccc7nc(/C=C/c8ccc([N+](=O)[O-])cc8)sc7c6)ccc54)cc3s2)cc1. The summed E-state index contributed by atoms with van der Waals surface area (Å²) in [5.74, 6) is 0. The number of non-ortho nitro benzene ring substituents is 2. The number of aliphatic imine (C=N–C) groups is 2. The standard InChI is InChI=1S/C47H32N8O4S2/c56-54(57)38-11-1-30(2-12-38)7-19-46-50-40-15-9-36(23-44(40)60-46)48-25-32-5-17-42-34(21-32)27-52-29-53(42)28-35-22-33(6-18-43(35)52)26-49-37-10-16-41-45(24-37)61-47(51-41)20-8-31-3-13-39(14-4-31)55(58)59/h1-26H,27-29H2/b19-7+,20-8+,48-25?,49-26?. The molecule has 296 valence electrons. The van der Waals surface area contributed by atoms with Gasteiger partial charge in [0.2, 0.25) is 0 Å². The quantitative estimate of drug-likeness (QED) is 0.0752. The summed E-state index contributed by atoms with van der Waals surface area (Å²) < 4.78 is 2.07. The van der Waals surface area contributed by atoms with Crippen LogP contribution in [0.3, 0.4) is 0 Å². The van der Waals surface area contributed by atoms with Crippen LogP contribution in [0.2, 0.25) is 0 Å². The third-order valence-corrected chi connectivity index (χ3v) is 12.5. The molecule has 2 bridgehead atoms. The third kappa shape index (κ3) is 8.05. The molecule has 0 saturated heterocycles. The fourth-order valence-corrected chi connectivity index (χ4v) is 9.30. The number of hydrogen-bond donors (Lipinski definition) is 0. The maximum absolute atomic E-state index is 10.9. The predicted octanol–water partition coefficient (Wildman–Crippen LogP) is 11.9. The molecule has 2 aliphatic rings. The Labute approximate surface area is 356 Å². The summed E-state index contributed by atoms with van der Waals surface area (Å²) in [6.07, 6.45) is 11.5. The van der Waals surface area contributed by atoms with Gasteiger partial charge in [-0.3, -0.25) is 30.2 Å². The van der Waals surface area contributed by atoms with Crippen LogP contribution in [-0.4, -0.2) is 38.9 Å². The molecular weight excluding hydrogens is 805 g/mol. The van der Waals surface area contributed by atoms with Crippen molar-refractivity contribution in [2.24, 2.45) is 9.98 Å². The van der Waals surface area contributed by atoms with Crippen LogP contribution < -0.4 is 9.80 Å². The van der Waals surface area contributed by atoms with Gasteiger partial charge >= 0.3 is 0 Å². The zero-order valence-corrected chi connectivity index (χ0v) is 33.8. The molecule has 6 aromatic carbocycles. The van der Waals surface area contributed by atoms with Crippen LogP contribution in [-0.2, 0) is 13.1 Å². The number of hydrogen-bond acceptors (Lipinski definition) is 12. The first-order valence-electron chi connectivity index (χ1n) is 19.3. The van der Waals surface area contributed by atoms with Crippen LogP contribution in [0.4, 0.5) is 34.1 Å². The lowest BCUT2D eigenvalue weighted by Crippen LogP contribution is -2.46. The number of nitro benzene ring substituents is 2. The first-order valence-corrected chi connectivity index (χ1v) is 20.9. The molecule has 12 nitrogen and oxygen atoms in total. The molecule has 0 saturated carbocycles. The molecule has 0 aliphatic carbocycles. The van der Waals surface area contributed by atoms with Crippen LogP contribution in [0.1, 0.15) is 43.4 Å². The summed E-state index contributed by atoms with van der Waals surface area (Å²) in [6.45, 7) is 2.44. The van der Waals surface area contributed by atoms with Crippen molar-refractivity contribution in [3.8, 4) is 0 Å². The first-order chi connectivity index (χ1) is 29.8. The van der Waals surface area contributed by atoms with Gasteiger partial charge in [-0.2, -0.15) is 0 Å². The van der Waals surface area contributed by atoms with E-state index in [-0.39, 0.29) is 11.4 Å². The lowest BCUT2D eigenvalue weighted by Gasteiger charge is -2.45. The van der Waals surface area contributed by atoms with Gasteiger partial charge < -0.3 is 9.80 Å². The minimum absolute atomic E-state index is 0.0674. The Morgan fingerprint density at radius 1 is 0.525 bits per heavy atom. The van der Waals surface area contributed by atoms with E-state index in [9.17, 15) is 20.2 Å². The molecule has 61 heavy (non-hydrogen) atoms. The number of aromatic nitrogens is 2.